The van der Waals surface area contributed by atoms with E-state index in [-0.39, 0.29) is 0 Å². The minimum atomic E-state index is 1.10. The SMILES string of the molecule is C=C(CCC)c1ccc(CC)cc1C. The van der Waals surface area contributed by atoms with Gasteiger partial charge in [-0.25, -0.2) is 0 Å². The summed E-state index contributed by atoms with van der Waals surface area (Å²) in [5.74, 6) is 0. The third-order valence-corrected chi connectivity index (χ3v) is 2.63. The van der Waals surface area contributed by atoms with Crippen molar-refractivity contribution in [2.75, 3.05) is 0 Å². The van der Waals surface area contributed by atoms with Crippen molar-refractivity contribution >= 4 is 5.57 Å². The number of rotatable bonds is 4. The van der Waals surface area contributed by atoms with Gasteiger partial charge < -0.3 is 0 Å². The minimum Gasteiger partial charge on any atom is -0.0952 e. The highest BCUT2D eigenvalue weighted by atomic mass is 14.1. The molecule has 0 fully saturated rings. The smallest absolute Gasteiger partial charge is 0.0201 e. The van der Waals surface area contributed by atoms with E-state index in [0.717, 1.165) is 12.8 Å². The van der Waals surface area contributed by atoms with Crippen molar-refractivity contribution in [1.82, 2.24) is 0 Å². The molecule has 76 valence electrons. The Morgan fingerprint density at radius 3 is 2.50 bits per heavy atom. The number of aryl methyl sites for hydroxylation is 2. The first-order valence-corrected chi connectivity index (χ1v) is 5.46. The van der Waals surface area contributed by atoms with Crippen molar-refractivity contribution in [3.8, 4) is 0 Å². The first kappa shape index (κ1) is 11.0. The van der Waals surface area contributed by atoms with Crippen LogP contribution in [-0.2, 0) is 6.42 Å². The molecule has 0 nitrogen and oxygen atoms in total. The maximum absolute atomic E-state index is 4.13. The fourth-order valence-electron chi connectivity index (χ4n) is 1.78. The van der Waals surface area contributed by atoms with Crippen molar-refractivity contribution in [3.63, 3.8) is 0 Å². The summed E-state index contributed by atoms with van der Waals surface area (Å²) in [5.41, 5.74) is 5.38. The zero-order chi connectivity index (χ0) is 10.6. The maximum atomic E-state index is 4.13. The topological polar surface area (TPSA) is 0 Å². The third kappa shape index (κ3) is 2.47. The van der Waals surface area contributed by atoms with Crippen LogP contribution in [0.25, 0.3) is 5.57 Å². The quantitative estimate of drug-likeness (QED) is 0.658. The minimum absolute atomic E-state index is 1.10. The van der Waals surface area contributed by atoms with Crippen LogP contribution in [0.4, 0.5) is 0 Å². The van der Waals surface area contributed by atoms with Crippen LogP contribution in [0.1, 0.15) is 43.4 Å². The molecule has 0 N–H and O–H groups in total. The van der Waals surface area contributed by atoms with Crippen LogP contribution in [0.3, 0.4) is 0 Å². The van der Waals surface area contributed by atoms with Crippen LogP contribution >= 0.6 is 0 Å². The molecule has 0 unspecified atom stereocenters. The third-order valence-electron chi connectivity index (χ3n) is 2.63. The average Bonchev–Trinajstić information content (AvgIpc) is 2.17. The van der Waals surface area contributed by atoms with Gasteiger partial charge in [0.2, 0.25) is 0 Å². The molecule has 1 aromatic rings. The second-order valence-corrected chi connectivity index (χ2v) is 3.86. The molecular formula is C14H20. The van der Waals surface area contributed by atoms with Gasteiger partial charge in [0.15, 0.2) is 0 Å². The molecule has 0 bridgehead atoms. The summed E-state index contributed by atoms with van der Waals surface area (Å²) in [5, 5.41) is 0. The highest BCUT2D eigenvalue weighted by Crippen LogP contribution is 2.22. The largest absolute Gasteiger partial charge is 0.0952 e. The molecule has 0 heterocycles. The van der Waals surface area contributed by atoms with Crippen molar-refractivity contribution in [2.45, 2.75) is 40.0 Å². The zero-order valence-corrected chi connectivity index (χ0v) is 9.56. The lowest BCUT2D eigenvalue weighted by Gasteiger charge is -2.09. The van der Waals surface area contributed by atoms with E-state index in [4.69, 9.17) is 0 Å². The fourth-order valence-corrected chi connectivity index (χ4v) is 1.78. The van der Waals surface area contributed by atoms with E-state index in [2.05, 4.69) is 45.5 Å². The van der Waals surface area contributed by atoms with Crippen LogP contribution in [0.15, 0.2) is 24.8 Å². The maximum Gasteiger partial charge on any atom is -0.0201 e. The number of hydrogen-bond donors (Lipinski definition) is 0. The van der Waals surface area contributed by atoms with Gasteiger partial charge in [0.25, 0.3) is 0 Å². The second-order valence-electron chi connectivity index (χ2n) is 3.86. The Balaban J connectivity index is 2.94. The molecule has 0 amide bonds. The van der Waals surface area contributed by atoms with Crippen molar-refractivity contribution in [2.24, 2.45) is 0 Å². The molecule has 0 spiro atoms. The number of benzene rings is 1. The standard InChI is InChI=1S/C14H20/c1-5-7-11(3)14-9-8-13(6-2)10-12(14)4/h8-10H,3,5-7H2,1-2,4H3. The Morgan fingerprint density at radius 2 is 2.00 bits per heavy atom. The summed E-state index contributed by atoms with van der Waals surface area (Å²) < 4.78 is 0. The molecule has 0 aliphatic heterocycles. The van der Waals surface area contributed by atoms with Gasteiger partial charge in [-0.2, -0.15) is 0 Å². The molecule has 14 heavy (non-hydrogen) atoms. The molecule has 0 radical (unpaired) electrons. The van der Waals surface area contributed by atoms with E-state index in [1.807, 2.05) is 0 Å². The summed E-state index contributed by atoms with van der Waals surface area (Å²) in [4.78, 5) is 0. The monoisotopic (exact) mass is 188 g/mol. The molecule has 1 aromatic carbocycles. The van der Waals surface area contributed by atoms with Gasteiger partial charge >= 0.3 is 0 Å². The first-order chi connectivity index (χ1) is 6.69. The van der Waals surface area contributed by atoms with E-state index in [9.17, 15) is 0 Å². The van der Waals surface area contributed by atoms with E-state index in [0.29, 0.717) is 0 Å². The molecule has 1 rings (SSSR count). The Labute approximate surface area is 87.7 Å². The number of hydrogen-bond acceptors (Lipinski definition) is 0. The van der Waals surface area contributed by atoms with Crippen LogP contribution < -0.4 is 0 Å². The second kappa shape index (κ2) is 4.99. The van der Waals surface area contributed by atoms with Crippen molar-refractivity contribution in [3.05, 3.63) is 41.5 Å². The lowest BCUT2D eigenvalue weighted by Crippen LogP contribution is -1.90. The van der Waals surface area contributed by atoms with Gasteiger partial charge in [0, 0.05) is 0 Å². The Kier molecular flexibility index (Phi) is 3.94. The molecule has 0 saturated heterocycles. The van der Waals surface area contributed by atoms with Gasteiger partial charge in [-0.15, -0.1) is 0 Å². The molecule has 0 saturated carbocycles. The van der Waals surface area contributed by atoms with E-state index < -0.39 is 0 Å². The van der Waals surface area contributed by atoms with Crippen molar-refractivity contribution in [1.29, 1.82) is 0 Å². The van der Waals surface area contributed by atoms with Crippen LogP contribution in [0, 0.1) is 6.92 Å². The van der Waals surface area contributed by atoms with Crippen LogP contribution in [0.2, 0.25) is 0 Å². The first-order valence-electron chi connectivity index (χ1n) is 5.46. The molecule has 0 aliphatic carbocycles. The van der Waals surface area contributed by atoms with Gasteiger partial charge in [0.1, 0.15) is 0 Å². The lowest BCUT2D eigenvalue weighted by molar-refractivity contribution is 0.973. The fraction of sp³-hybridized carbons (Fsp3) is 0.429. The highest BCUT2D eigenvalue weighted by molar-refractivity contribution is 5.66. The van der Waals surface area contributed by atoms with Gasteiger partial charge in [-0.1, -0.05) is 45.0 Å². The van der Waals surface area contributed by atoms with Gasteiger partial charge in [-0.3, -0.25) is 0 Å². The summed E-state index contributed by atoms with van der Waals surface area (Å²) >= 11 is 0. The summed E-state index contributed by atoms with van der Waals surface area (Å²) in [7, 11) is 0. The molecule has 0 aliphatic rings. The molecule has 0 heteroatoms. The van der Waals surface area contributed by atoms with E-state index >= 15 is 0 Å². The predicted octanol–water partition coefficient (Wildman–Crippen LogP) is 4.37. The highest BCUT2D eigenvalue weighted by Gasteiger charge is 2.02. The van der Waals surface area contributed by atoms with E-state index in [1.54, 1.807) is 0 Å². The molecular weight excluding hydrogens is 168 g/mol. The van der Waals surface area contributed by atoms with Gasteiger partial charge in [0.05, 0.1) is 0 Å². The lowest BCUT2D eigenvalue weighted by atomic mass is 9.96. The van der Waals surface area contributed by atoms with Crippen LogP contribution in [0.5, 0.6) is 0 Å². The van der Waals surface area contributed by atoms with Gasteiger partial charge in [-0.05, 0) is 42.0 Å². The normalized spacial score (nSPS) is 10.2. The van der Waals surface area contributed by atoms with Crippen LogP contribution in [-0.4, -0.2) is 0 Å². The Hall–Kier alpha value is -1.04. The van der Waals surface area contributed by atoms with Crippen molar-refractivity contribution < 1.29 is 0 Å². The molecule has 0 atom stereocenters. The number of allylic oxidation sites excluding steroid dienone is 1. The predicted molar refractivity (Wildman–Crippen MR) is 64.5 cm³/mol. The Bertz CT molecular complexity index is 321. The Morgan fingerprint density at radius 1 is 1.29 bits per heavy atom. The summed E-state index contributed by atoms with van der Waals surface area (Å²) in [6.07, 6.45) is 3.39. The summed E-state index contributed by atoms with van der Waals surface area (Å²) in [6, 6.07) is 6.70. The average molecular weight is 188 g/mol. The summed E-state index contributed by atoms with van der Waals surface area (Å²) in [6.45, 7) is 10.7. The molecule has 0 aromatic heterocycles. The zero-order valence-electron chi connectivity index (χ0n) is 9.56. The van der Waals surface area contributed by atoms with E-state index in [1.165, 1.54) is 28.7 Å².